The number of amides is 1. The molecule has 7 heteroatoms. The van der Waals surface area contributed by atoms with Crippen LogP contribution >= 0.6 is 0 Å². The van der Waals surface area contributed by atoms with Gasteiger partial charge in [-0.15, -0.1) is 0 Å². The molecule has 2 aromatic carbocycles. The van der Waals surface area contributed by atoms with Gasteiger partial charge in [0.15, 0.2) is 0 Å². The second-order valence-corrected chi connectivity index (χ2v) is 7.31. The number of hydrogen-bond acceptors (Lipinski definition) is 5. The normalized spacial score (nSPS) is 10.9. The van der Waals surface area contributed by atoms with E-state index in [-0.39, 0.29) is 6.61 Å². The molecule has 0 spiro atoms. The lowest BCUT2D eigenvalue weighted by Gasteiger charge is -2.10. The average molecular weight is 401 g/mol. The first-order valence-electron chi connectivity index (χ1n) is 9.69. The van der Waals surface area contributed by atoms with Crippen LogP contribution < -0.4 is 5.32 Å². The van der Waals surface area contributed by atoms with Crippen molar-refractivity contribution in [1.82, 2.24) is 19.5 Å². The minimum atomic E-state index is -0.512. The number of ether oxygens (including phenoxy) is 1. The van der Waals surface area contributed by atoms with Crippen molar-refractivity contribution in [3.05, 3.63) is 77.1 Å². The van der Waals surface area contributed by atoms with Crippen LogP contribution in [0.2, 0.25) is 0 Å². The first-order chi connectivity index (χ1) is 14.4. The summed E-state index contributed by atoms with van der Waals surface area (Å²) in [4.78, 5) is 25.7. The van der Waals surface area contributed by atoms with Crippen molar-refractivity contribution in [2.45, 2.75) is 34.3 Å². The van der Waals surface area contributed by atoms with Crippen molar-refractivity contribution >= 4 is 22.8 Å². The van der Waals surface area contributed by atoms with Gasteiger partial charge in [0, 0.05) is 11.9 Å². The highest BCUT2D eigenvalue weighted by Crippen LogP contribution is 2.22. The Morgan fingerprint density at radius 1 is 1.00 bits per heavy atom. The highest BCUT2D eigenvalue weighted by molar-refractivity contribution is 5.85. The molecule has 0 radical (unpaired) electrons. The molecule has 1 N–H and O–H groups in total. The van der Waals surface area contributed by atoms with Gasteiger partial charge in [0.05, 0.1) is 40.1 Å². The SMILES string of the molecule is Cc1ccccc1NC(=O)OCc1cn(-c2cc3nc(C)c(C)nc3cc2C)cn1. The number of hydrogen-bond donors (Lipinski definition) is 1. The zero-order chi connectivity index (χ0) is 21.3. The van der Waals surface area contributed by atoms with E-state index in [1.807, 2.05) is 74.9 Å². The molecular weight excluding hydrogens is 378 g/mol. The lowest BCUT2D eigenvalue weighted by Crippen LogP contribution is -2.14. The topological polar surface area (TPSA) is 81.9 Å². The zero-order valence-electron chi connectivity index (χ0n) is 17.4. The molecule has 0 atom stereocenters. The molecule has 4 aromatic rings. The molecule has 0 saturated heterocycles. The Balaban J connectivity index is 1.49. The van der Waals surface area contributed by atoms with E-state index in [9.17, 15) is 4.79 Å². The Morgan fingerprint density at radius 3 is 2.43 bits per heavy atom. The van der Waals surface area contributed by atoms with Crippen molar-refractivity contribution in [3.8, 4) is 5.69 Å². The molecule has 0 aliphatic carbocycles. The summed E-state index contributed by atoms with van der Waals surface area (Å²) >= 11 is 0. The summed E-state index contributed by atoms with van der Waals surface area (Å²) in [6.45, 7) is 7.95. The minimum absolute atomic E-state index is 0.0788. The maximum absolute atomic E-state index is 12.1. The molecule has 0 saturated carbocycles. The number of aromatic nitrogens is 4. The predicted molar refractivity (Wildman–Crippen MR) is 116 cm³/mol. The van der Waals surface area contributed by atoms with Crippen molar-refractivity contribution in [1.29, 1.82) is 0 Å². The van der Waals surface area contributed by atoms with Gasteiger partial charge in [0.1, 0.15) is 6.61 Å². The quantitative estimate of drug-likeness (QED) is 0.531. The van der Waals surface area contributed by atoms with Gasteiger partial charge in [0.25, 0.3) is 0 Å². The summed E-state index contributed by atoms with van der Waals surface area (Å²) in [5, 5.41) is 2.75. The van der Waals surface area contributed by atoms with Gasteiger partial charge in [-0.2, -0.15) is 0 Å². The Bertz CT molecular complexity index is 1250. The molecule has 0 unspecified atom stereocenters. The molecular formula is C23H23N5O2. The van der Waals surface area contributed by atoms with Gasteiger partial charge in [-0.3, -0.25) is 5.32 Å². The lowest BCUT2D eigenvalue weighted by atomic mass is 10.1. The third-order valence-corrected chi connectivity index (χ3v) is 5.04. The van der Waals surface area contributed by atoms with Crippen molar-refractivity contribution in [3.63, 3.8) is 0 Å². The Morgan fingerprint density at radius 2 is 1.70 bits per heavy atom. The number of carbonyl (C=O) groups excluding carboxylic acids is 1. The molecule has 2 heterocycles. The van der Waals surface area contributed by atoms with E-state index < -0.39 is 6.09 Å². The molecule has 0 aliphatic rings. The van der Waals surface area contributed by atoms with E-state index in [1.54, 1.807) is 6.33 Å². The fourth-order valence-electron chi connectivity index (χ4n) is 3.22. The van der Waals surface area contributed by atoms with Crippen LogP contribution in [-0.2, 0) is 11.3 Å². The third-order valence-electron chi connectivity index (χ3n) is 5.04. The highest BCUT2D eigenvalue weighted by Gasteiger charge is 2.11. The van der Waals surface area contributed by atoms with Gasteiger partial charge < -0.3 is 9.30 Å². The fourth-order valence-corrected chi connectivity index (χ4v) is 3.22. The van der Waals surface area contributed by atoms with E-state index in [0.29, 0.717) is 5.69 Å². The molecule has 152 valence electrons. The molecule has 7 nitrogen and oxygen atoms in total. The summed E-state index contributed by atoms with van der Waals surface area (Å²) in [7, 11) is 0. The fraction of sp³-hybridized carbons (Fsp3) is 0.217. The standard InChI is InChI=1S/C23H23N5O2/c1-14-7-5-6-8-19(14)27-23(29)30-12-18-11-28(13-24-18)22-10-21-20(9-15(22)2)25-16(3)17(4)26-21/h5-11,13H,12H2,1-4H3,(H,27,29). The second-order valence-electron chi connectivity index (χ2n) is 7.31. The van der Waals surface area contributed by atoms with E-state index in [0.717, 1.165) is 44.9 Å². The number of rotatable bonds is 4. The number of fused-ring (bicyclic) bond motifs is 1. The zero-order valence-corrected chi connectivity index (χ0v) is 17.4. The van der Waals surface area contributed by atoms with E-state index in [2.05, 4.69) is 20.3 Å². The summed E-state index contributed by atoms with van der Waals surface area (Å²) in [6, 6.07) is 11.6. The highest BCUT2D eigenvalue weighted by atomic mass is 16.5. The van der Waals surface area contributed by atoms with Crippen LogP contribution in [0.5, 0.6) is 0 Å². The maximum atomic E-state index is 12.1. The Hall–Kier alpha value is -3.74. The summed E-state index contributed by atoms with van der Waals surface area (Å²) in [5.74, 6) is 0. The van der Waals surface area contributed by atoms with E-state index in [1.165, 1.54) is 0 Å². The number of nitrogens with zero attached hydrogens (tertiary/aromatic N) is 4. The van der Waals surface area contributed by atoms with Crippen molar-refractivity contribution in [2.75, 3.05) is 5.32 Å². The predicted octanol–water partition coefficient (Wildman–Crippen LogP) is 4.80. The summed E-state index contributed by atoms with van der Waals surface area (Å²) in [5.41, 5.74) is 7.92. The summed E-state index contributed by atoms with van der Waals surface area (Å²) in [6.07, 6.45) is 3.05. The number of imidazole rings is 1. The van der Waals surface area contributed by atoms with Crippen LogP contribution in [0.1, 0.15) is 28.2 Å². The van der Waals surface area contributed by atoms with Gasteiger partial charge in [-0.1, -0.05) is 18.2 Å². The number of nitrogens with one attached hydrogen (secondary N) is 1. The lowest BCUT2D eigenvalue weighted by molar-refractivity contribution is 0.154. The van der Waals surface area contributed by atoms with Crippen molar-refractivity contribution in [2.24, 2.45) is 0 Å². The maximum Gasteiger partial charge on any atom is 0.412 e. The van der Waals surface area contributed by atoms with Crippen LogP contribution in [0.15, 0.2) is 48.9 Å². The molecule has 0 aliphatic heterocycles. The van der Waals surface area contributed by atoms with Gasteiger partial charge in [0.2, 0.25) is 0 Å². The van der Waals surface area contributed by atoms with Crippen LogP contribution in [0.4, 0.5) is 10.5 Å². The monoisotopic (exact) mass is 401 g/mol. The molecule has 30 heavy (non-hydrogen) atoms. The largest absolute Gasteiger partial charge is 0.443 e. The number of aryl methyl sites for hydroxylation is 4. The van der Waals surface area contributed by atoms with Crippen LogP contribution in [0, 0.1) is 27.7 Å². The van der Waals surface area contributed by atoms with Crippen LogP contribution in [0.3, 0.4) is 0 Å². The third kappa shape index (κ3) is 4.00. The average Bonchev–Trinajstić information content (AvgIpc) is 3.18. The van der Waals surface area contributed by atoms with Gasteiger partial charge >= 0.3 is 6.09 Å². The minimum Gasteiger partial charge on any atom is -0.443 e. The van der Waals surface area contributed by atoms with Crippen molar-refractivity contribution < 1.29 is 9.53 Å². The number of carbonyl (C=O) groups is 1. The molecule has 0 fully saturated rings. The molecule has 2 aromatic heterocycles. The second kappa shape index (κ2) is 7.94. The Labute approximate surface area is 174 Å². The number of benzene rings is 2. The number of para-hydroxylation sites is 1. The van der Waals surface area contributed by atoms with Gasteiger partial charge in [-0.05, 0) is 57.0 Å². The van der Waals surface area contributed by atoms with Gasteiger partial charge in [-0.25, -0.2) is 19.7 Å². The Kier molecular flexibility index (Phi) is 5.18. The molecule has 0 bridgehead atoms. The first-order valence-corrected chi connectivity index (χ1v) is 9.69. The molecule has 4 rings (SSSR count). The van der Waals surface area contributed by atoms with E-state index >= 15 is 0 Å². The summed E-state index contributed by atoms with van der Waals surface area (Å²) < 4.78 is 7.22. The smallest absolute Gasteiger partial charge is 0.412 e. The van der Waals surface area contributed by atoms with Crippen LogP contribution in [0.25, 0.3) is 16.7 Å². The van der Waals surface area contributed by atoms with Crippen LogP contribution in [-0.4, -0.2) is 25.6 Å². The molecule has 1 amide bonds. The van der Waals surface area contributed by atoms with E-state index in [4.69, 9.17) is 4.74 Å². The number of anilines is 1. The first kappa shape index (κ1) is 19.6.